The summed E-state index contributed by atoms with van der Waals surface area (Å²) in [6.45, 7) is -0.235. The van der Waals surface area contributed by atoms with Crippen LogP contribution in [0.15, 0.2) is 47.6 Å². The third kappa shape index (κ3) is 5.06. The van der Waals surface area contributed by atoms with Gasteiger partial charge in [-0.1, -0.05) is 6.07 Å². The van der Waals surface area contributed by atoms with E-state index in [-0.39, 0.29) is 6.61 Å². The fourth-order valence-corrected chi connectivity index (χ4v) is 1.62. The molecule has 0 radical (unpaired) electrons. The summed E-state index contributed by atoms with van der Waals surface area (Å²) in [7, 11) is 1.55. The molecule has 0 aromatic heterocycles. The number of ether oxygens (including phenoxy) is 2. The lowest BCUT2D eigenvalue weighted by atomic mass is 10.2. The molecule has 2 aromatic rings. The first kappa shape index (κ1) is 16.4. The molecule has 23 heavy (non-hydrogen) atoms. The van der Waals surface area contributed by atoms with Gasteiger partial charge in [0.1, 0.15) is 11.5 Å². The predicted octanol–water partition coefficient (Wildman–Crippen LogP) is 2.50. The van der Waals surface area contributed by atoms with Crippen molar-refractivity contribution in [2.75, 3.05) is 13.7 Å². The van der Waals surface area contributed by atoms with Crippen LogP contribution in [0.3, 0.4) is 0 Å². The molecule has 0 saturated carbocycles. The maximum atomic E-state index is 13.0. The summed E-state index contributed by atoms with van der Waals surface area (Å²) in [6.07, 6.45) is 1.20. The molecule has 5 nitrogen and oxygen atoms in total. The first-order valence-electron chi connectivity index (χ1n) is 6.62. The second-order valence-corrected chi connectivity index (χ2v) is 4.43. The Morgan fingerprint density at radius 2 is 1.83 bits per heavy atom. The van der Waals surface area contributed by atoms with E-state index in [2.05, 4.69) is 10.5 Å². The Balaban J connectivity index is 1.79. The predicted molar refractivity (Wildman–Crippen MR) is 80.6 cm³/mol. The monoisotopic (exact) mass is 320 g/mol. The molecular weight excluding hydrogens is 306 g/mol. The zero-order valence-corrected chi connectivity index (χ0v) is 12.3. The van der Waals surface area contributed by atoms with Crippen LogP contribution in [0, 0.1) is 11.6 Å². The largest absolute Gasteiger partial charge is 0.497 e. The van der Waals surface area contributed by atoms with Crippen LogP contribution >= 0.6 is 0 Å². The second-order valence-electron chi connectivity index (χ2n) is 4.43. The van der Waals surface area contributed by atoms with Crippen molar-refractivity contribution in [1.29, 1.82) is 0 Å². The number of benzene rings is 2. The van der Waals surface area contributed by atoms with E-state index in [4.69, 9.17) is 9.47 Å². The van der Waals surface area contributed by atoms with Crippen molar-refractivity contribution in [3.8, 4) is 11.5 Å². The lowest BCUT2D eigenvalue weighted by Gasteiger charge is -2.05. The molecule has 0 fully saturated rings. The zero-order valence-electron chi connectivity index (χ0n) is 12.3. The van der Waals surface area contributed by atoms with Crippen molar-refractivity contribution >= 4 is 12.1 Å². The highest BCUT2D eigenvalue weighted by atomic mass is 19.2. The molecule has 0 bridgehead atoms. The van der Waals surface area contributed by atoms with Gasteiger partial charge in [-0.05, 0) is 42.0 Å². The maximum absolute atomic E-state index is 13.0. The fraction of sp³-hybridized carbons (Fsp3) is 0.125. The lowest BCUT2D eigenvalue weighted by molar-refractivity contribution is -0.123. The van der Waals surface area contributed by atoms with Crippen LogP contribution < -0.4 is 14.9 Å². The van der Waals surface area contributed by atoms with Gasteiger partial charge in [-0.15, -0.1) is 0 Å². The van der Waals surface area contributed by atoms with Crippen LogP contribution in [0.25, 0.3) is 0 Å². The highest BCUT2D eigenvalue weighted by Crippen LogP contribution is 2.16. The van der Waals surface area contributed by atoms with Crippen molar-refractivity contribution in [1.82, 2.24) is 5.43 Å². The van der Waals surface area contributed by atoms with E-state index in [9.17, 15) is 13.6 Å². The van der Waals surface area contributed by atoms with Crippen LogP contribution in [-0.4, -0.2) is 25.8 Å². The SMILES string of the molecule is COc1ccc(OCC(=O)N/N=C/c2ccc(F)c(F)c2)cc1. The number of amides is 1. The van der Waals surface area contributed by atoms with Crippen molar-refractivity contribution in [3.63, 3.8) is 0 Å². The Bertz CT molecular complexity index is 703. The third-order valence-corrected chi connectivity index (χ3v) is 2.78. The van der Waals surface area contributed by atoms with E-state index in [0.29, 0.717) is 17.1 Å². The normalized spacial score (nSPS) is 10.6. The van der Waals surface area contributed by atoms with Crippen molar-refractivity contribution in [2.45, 2.75) is 0 Å². The number of carbonyl (C=O) groups is 1. The molecule has 0 aliphatic rings. The first-order valence-corrected chi connectivity index (χ1v) is 6.62. The van der Waals surface area contributed by atoms with Crippen LogP contribution in [0.1, 0.15) is 5.56 Å². The standard InChI is InChI=1S/C16H14F2N2O3/c1-22-12-3-5-13(6-4-12)23-10-16(21)20-19-9-11-2-7-14(17)15(18)8-11/h2-9H,10H2,1H3,(H,20,21)/b19-9+. The third-order valence-electron chi connectivity index (χ3n) is 2.78. The minimum Gasteiger partial charge on any atom is -0.497 e. The summed E-state index contributed by atoms with van der Waals surface area (Å²) in [5.41, 5.74) is 2.54. The van der Waals surface area contributed by atoms with Gasteiger partial charge in [0.25, 0.3) is 5.91 Å². The minimum absolute atomic E-state index is 0.235. The summed E-state index contributed by atoms with van der Waals surface area (Å²) in [5.74, 6) is -1.23. The number of hydrogen-bond donors (Lipinski definition) is 1. The Hall–Kier alpha value is -2.96. The van der Waals surface area contributed by atoms with Crippen molar-refractivity contribution < 1.29 is 23.0 Å². The molecule has 0 saturated heterocycles. The average Bonchev–Trinajstić information content (AvgIpc) is 2.56. The summed E-state index contributed by atoms with van der Waals surface area (Å²) < 4.78 is 36.0. The number of halogens is 2. The summed E-state index contributed by atoms with van der Waals surface area (Å²) in [6, 6.07) is 10.0. The van der Waals surface area contributed by atoms with Gasteiger partial charge in [-0.25, -0.2) is 14.2 Å². The van der Waals surface area contributed by atoms with E-state index < -0.39 is 17.5 Å². The van der Waals surface area contributed by atoms with Crippen LogP contribution in [0.5, 0.6) is 11.5 Å². The van der Waals surface area contributed by atoms with E-state index >= 15 is 0 Å². The molecule has 0 atom stereocenters. The topological polar surface area (TPSA) is 59.9 Å². The van der Waals surface area contributed by atoms with Gasteiger partial charge in [-0.2, -0.15) is 5.10 Å². The van der Waals surface area contributed by atoms with E-state index in [1.165, 1.54) is 12.3 Å². The van der Waals surface area contributed by atoms with Crippen LogP contribution in [0.2, 0.25) is 0 Å². The molecule has 1 N–H and O–H groups in total. The molecule has 7 heteroatoms. The molecule has 0 unspecified atom stereocenters. The zero-order chi connectivity index (χ0) is 16.7. The molecule has 0 aliphatic carbocycles. The smallest absolute Gasteiger partial charge is 0.277 e. The number of nitrogens with zero attached hydrogens (tertiary/aromatic N) is 1. The number of rotatable bonds is 6. The first-order chi connectivity index (χ1) is 11.1. The van der Waals surface area contributed by atoms with Crippen molar-refractivity contribution in [2.24, 2.45) is 5.10 Å². The van der Waals surface area contributed by atoms with E-state index in [0.717, 1.165) is 12.1 Å². The van der Waals surface area contributed by atoms with Gasteiger partial charge >= 0.3 is 0 Å². The Morgan fingerprint density at radius 1 is 1.13 bits per heavy atom. The molecular formula is C16H14F2N2O3. The Kier molecular flexibility index (Phi) is 5.62. The lowest BCUT2D eigenvalue weighted by Crippen LogP contribution is -2.24. The van der Waals surface area contributed by atoms with Gasteiger partial charge in [0.05, 0.1) is 13.3 Å². The average molecular weight is 320 g/mol. The summed E-state index contributed by atoms with van der Waals surface area (Å²) >= 11 is 0. The molecule has 0 spiro atoms. The Morgan fingerprint density at radius 3 is 2.48 bits per heavy atom. The van der Waals surface area contributed by atoms with Gasteiger partial charge in [0.15, 0.2) is 18.2 Å². The summed E-state index contributed by atoms with van der Waals surface area (Å²) in [5, 5.41) is 3.64. The molecule has 0 heterocycles. The van der Waals surface area contributed by atoms with Crippen LogP contribution in [-0.2, 0) is 4.79 Å². The maximum Gasteiger partial charge on any atom is 0.277 e. The van der Waals surface area contributed by atoms with Gasteiger partial charge in [-0.3, -0.25) is 4.79 Å². The molecule has 1 amide bonds. The molecule has 120 valence electrons. The van der Waals surface area contributed by atoms with Crippen LogP contribution in [0.4, 0.5) is 8.78 Å². The summed E-state index contributed by atoms with van der Waals surface area (Å²) in [4.78, 5) is 11.5. The highest BCUT2D eigenvalue weighted by Gasteiger charge is 2.03. The fourth-order valence-electron chi connectivity index (χ4n) is 1.62. The number of hydrogen-bond acceptors (Lipinski definition) is 4. The Labute approximate surface area is 131 Å². The van der Waals surface area contributed by atoms with E-state index in [1.54, 1.807) is 31.4 Å². The highest BCUT2D eigenvalue weighted by molar-refractivity contribution is 5.82. The minimum atomic E-state index is -0.983. The van der Waals surface area contributed by atoms with Gasteiger partial charge in [0, 0.05) is 0 Å². The van der Waals surface area contributed by atoms with Gasteiger partial charge < -0.3 is 9.47 Å². The van der Waals surface area contributed by atoms with Crippen molar-refractivity contribution in [3.05, 3.63) is 59.7 Å². The van der Waals surface area contributed by atoms with E-state index in [1.807, 2.05) is 0 Å². The number of carbonyl (C=O) groups excluding carboxylic acids is 1. The number of hydrazone groups is 1. The molecule has 0 aliphatic heterocycles. The quantitative estimate of drug-likeness (QED) is 0.657. The molecule has 2 aromatic carbocycles. The molecule has 2 rings (SSSR count). The number of nitrogens with one attached hydrogen (secondary N) is 1. The number of methoxy groups -OCH3 is 1. The van der Waals surface area contributed by atoms with Gasteiger partial charge in [0.2, 0.25) is 0 Å². The second kappa shape index (κ2) is 7.88.